The molecule has 1 aromatic carbocycles. The lowest BCUT2D eigenvalue weighted by Gasteiger charge is -2.31. The van der Waals surface area contributed by atoms with Gasteiger partial charge in [-0.1, -0.05) is 22.9 Å². The quantitative estimate of drug-likeness (QED) is 0.346. The summed E-state index contributed by atoms with van der Waals surface area (Å²) < 4.78 is 14.8. The molecule has 0 aliphatic heterocycles. The molecule has 1 saturated carbocycles. The van der Waals surface area contributed by atoms with Crippen molar-refractivity contribution in [3.63, 3.8) is 0 Å². The van der Waals surface area contributed by atoms with E-state index >= 15 is 0 Å². The number of anilines is 1. The summed E-state index contributed by atoms with van der Waals surface area (Å²) in [5, 5.41) is 6.04. The lowest BCUT2D eigenvalue weighted by Crippen LogP contribution is -2.22. The van der Waals surface area contributed by atoms with Gasteiger partial charge in [-0.15, -0.1) is 0 Å². The number of pyridine rings is 2. The van der Waals surface area contributed by atoms with Crippen LogP contribution in [0.1, 0.15) is 50.5 Å². The molecule has 3 aromatic heterocycles. The zero-order valence-electron chi connectivity index (χ0n) is 17.3. The Morgan fingerprint density at radius 1 is 1.16 bits per heavy atom. The number of nitrogens with one attached hydrogen (secondary N) is 1. The Morgan fingerprint density at radius 2 is 2.00 bits per heavy atom. The van der Waals surface area contributed by atoms with Crippen LogP contribution in [0.2, 0.25) is 5.02 Å². The molecule has 3 heterocycles. The fraction of sp³-hybridized carbons (Fsp3) is 0.375. The third-order valence-electron chi connectivity index (χ3n) is 6.29. The predicted octanol–water partition coefficient (Wildman–Crippen LogP) is 7.20. The van der Waals surface area contributed by atoms with Gasteiger partial charge in [0.25, 0.3) is 0 Å². The van der Waals surface area contributed by atoms with Crippen molar-refractivity contribution in [3.05, 3.63) is 59.1 Å². The fourth-order valence-corrected chi connectivity index (χ4v) is 6.03. The Hall–Kier alpha value is -2.31. The van der Waals surface area contributed by atoms with Gasteiger partial charge in [-0.2, -0.15) is 0 Å². The molecule has 4 aromatic rings. The van der Waals surface area contributed by atoms with Gasteiger partial charge in [-0.05, 0) is 86.8 Å². The van der Waals surface area contributed by atoms with Gasteiger partial charge >= 0.3 is 0 Å². The van der Waals surface area contributed by atoms with Crippen LogP contribution in [0.15, 0.2) is 42.7 Å². The minimum Gasteiger partial charge on any atom is -0.359 e. The second-order valence-corrected chi connectivity index (χ2v) is 10.0. The highest BCUT2D eigenvalue weighted by molar-refractivity contribution is 7.22. The molecule has 1 N–H and O–H groups in total. The Kier molecular flexibility index (Phi) is 5.76. The van der Waals surface area contributed by atoms with Crippen molar-refractivity contribution in [2.24, 2.45) is 5.92 Å². The predicted molar refractivity (Wildman–Crippen MR) is 127 cm³/mol. The number of benzene rings is 1. The first kappa shape index (κ1) is 20.6. The first-order valence-electron chi connectivity index (χ1n) is 10.8. The first-order valence-corrected chi connectivity index (χ1v) is 12.0. The zero-order valence-corrected chi connectivity index (χ0v) is 18.9. The molecular weight excluding hydrogens is 431 g/mol. The van der Waals surface area contributed by atoms with Gasteiger partial charge in [0.15, 0.2) is 10.8 Å². The highest BCUT2D eigenvalue weighted by Gasteiger charge is 2.25. The van der Waals surface area contributed by atoms with Crippen LogP contribution in [0.5, 0.6) is 0 Å². The molecule has 5 rings (SSSR count). The van der Waals surface area contributed by atoms with Gasteiger partial charge in [-0.25, -0.2) is 14.4 Å². The lowest BCUT2D eigenvalue weighted by atomic mass is 9.76. The molecule has 0 amide bonds. The van der Waals surface area contributed by atoms with Crippen molar-refractivity contribution >= 4 is 49.3 Å². The molecule has 31 heavy (non-hydrogen) atoms. The van der Waals surface area contributed by atoms with Crippen LogP contribution in [0.3, 0.4) is 0 Å². The Labute approximate surface area is 189 Å². The Bertz CT molecular complexity index is 1220. The van der Waals surface area contributed by atoms with E-state index in [1.165, 1.54) is 24.5 Å². The summed E-state index contributed by atoms with van der Waals surface area (Å²) in [6.45, 7) is 2.22. The van der Waals surface area contributed by atoms with Gasteiger partial charge in [0.05, 0.1) is 15.2 Å². The number of aromatic nitrogens is 3. The summed E-state index contributed by atoms with van der Waals surface area (Å²) in [6.07, 6.45) is 9.25. The largest absolute Gasteiger partial charge is 0.359 e. The van der Waals surface area contributed by atoms with Crippen molar-refractivity contribution in [1.82, 2.24) is 15.0 Å². The molecule has 1 unspecified atom stereocenters. The van der Waals surface area contributed by atoms with Gasteiger partial charge in [0.1, 0.15) is 5.82 Å². The number of hydrogen-bond acceptors (Lipinski definition) is 5. The van der Waals surface area contributed by atoms with E-state index < -0.39 is 0 Å². The molecule has 7 heteroatoms. The minimum absolute atomic E-state index is 0.192. The third-order valence-corrected chi connectivity index (χ3v) is 7.42. The average Bonchev–Trinajstić information content (AvgIpc) is 3.15. The first-order chi connectivity index (χ1) is 15.0. The number of fused-ring (bicyclic) bond motifs is 2. The second-order valence-electron chi connectivity index (χ2n) is 8.55. The maximum Gasteiger partial charge on any atom is 0.185 e. The summed E-state index contributed by atoms with van der Waals surface area (Å²) in [5.41, 5.74) is 2.87. The summed E-state index contributed by atoms with van der Waals surface area (Å²) in [6, 6.07) is 9.22. The van der Waals surface area contributed by atoms with E-state index in [1.54, 1.807) is 29.7 Å². The highest BCUT2D eigenvalue weighted by Crippen LogP contribution is 2.40. The topological polar surface area (TPSA) is 50.7 Å². The van der Waals surface area contributed by atoms with Crippen molar-refractivity contribution in [2.45, 2.75) is 51.0 Å². The minimum atomic E-state index is -0.192. The monoisotopic (exact) mass is 454 g/mol. The Balaban J connectivity index is 1.20. The van der Waals surface area contributed by atoms with Crippen molar-refractivity contribution in [1.29, 1.82) is 0 Å². The van der Waals surface area contributed by atoms with Crippen molar-refractivity contribution < 1.29 is 4.39 Å². The molecular formula is C24H24ClFN4S. The van der Waals surface area contributed by atoms with Crippen molar-refractivity contribution in [2.75, 3.05) is 5.32 Å². The van der Waals surface area contributed by atoms with E-state index in [2.05, 4.69) is 33.3 Å². The van der Waals surface area contributed by atoms with E-state index in [1.807, 2.05) is 12.3 Å². The highest BCUT2D eigenvalue weighted by atomic mass is 35.5. The average molecular weight is 455 g/mol. The second kappa shape index (κ2) is 8.67. The molecule has 0 bridgehead atoms. The summed E-state index contributed by atoms with van der Waals surface area (Å²) >= 11 is 7.63. The molecule has 1 fully saturated rings. The van der Waals surface area contributed by atoms with Crippen LogP contribution in [0.25, 0.3) is 21.3 Å². The molecule has 1 aliphatic rings. The summed E-state index contributed by atoms with van der Waals surface area (Å²) in [5.74, 6) is 0.972. The fourth-order valence-electron chi connectivity index (χ4n) is 4.83. The number of hydrogen-bond donors (Lipinski definition) is 1. The molecule has 0 radical (unpaired) electrons. The van der Waals surface area contributed by atoms with Gasteiger partial charge in [0, 0.05) is 23.8 Å². The van der Waals surface area contributed by atoms with Gasteiger partial charge in [0.2, 0.25) is 0 Å². The van der Waals surface area contributed by atoms with E-state index in [0.717, 1.165) is 45.6 Å². The maximum atomic E-state index is 13.8. The normalized spacial score (nSPS) is 20.2. The zero-order chi connectivity index (χ0) is 21.4. The standard InChI is InChI=1S/C24H24ClFN4S/c1-14(29-24-30-23-22(31-24)11-17(25)13-28-23)10-15-2-4-16(5-3-15)19-8-9-27-21-7-6-18(26)12-20(19)21/h6-9,11-16H,2-5,10H2,1H3,(H,28,29,30)/t14?,15-,16+. The van der Waals surface area contributed by atoms with E-state index in [0.29, 0.717) is 22.9 Å². The van der Waals surface area contributed by atoms with Crippen LogP contribution in [0, 0.1) is 11.7 Å². The van der Waals surface area contributed by atoms with Crippen LogP contribution in [0.4, 0.5) is 9.52 Å². The van der Waals surface area contributed by atoms with Crippen LogP contribution in [-0.4, -0.2) is 21.0 Å². The maximum absolute atomic E-state index is 13.8. The lowest BCUT2D eigenvalue weighted by molar-refractivity contribution is 0.302. The smallest absolute Gasteiger partial charge is 0.185 e. The molecule has 160 valence electrons. The van der Waals surface area contributed by atoms with E-state index in [9.17, 15) is 4.39 Å². The Morgan fingerprint density at radius 3 is 2.84 bits per heavy atom. The third kappa shape index (κ3) is 4.51. The molecule has 1 atom stereocenters. The summed E-state index contributed by atoms with van der Waals surface area (Å²) in [4.78, 5) is 13.3. The van der Waals surface area contributed by atoms with E-state index in [-0.39, 0.29) is 5.82 Å². The van der Waals surface area contributed by atoms with Gasteiger partial charge in [-0.3, -0.25) is 4.98 Å². The van der Waals surface area contributed by atoms with Crippen LogP contribution < -0.4 is 5.32 Å². The molecule has 1 aliphatic carbocycles. The summed E-state index contributed by atoms with van der Waals surface area (Å²) in [7, 11) is 0. The molecule has 4 nitrogen and oxygen atoms in total. The van der Waals surface area contributed by atoms with Gasteiger partial charge < -0.3 is 5.32 Å². The van der Waals surface area contributed by atoms with Crippen molar-refractivity contribution in [3.8, 4) is 0 Å². The SMILES string of the molecule is CC(C[C@H]1CC[C@@H](c2ccnc3ccc(F)cc32)CC1)Nc1nc2ncc(Cl)cc2s1. The molecule has 0 spiro atoms. The number of nitrogens with zero attached hydrogens (tertiary/aromatic N) is 3. The number of rotatable bonds is 5. The number of thiazole rings is 1. The van der Waals surface area contributed by atoms with E-state index in [4.69, 9.17) is 11.6 Å². The van der Waals surface area contributed by atoms with Crippen LogP contribution in [-0.2, 0) is 0 Å². The number of halogens is 2. The van der Waals surface area contributed by atoms with Crippen LogP contribution >= 0.6 is 22.9 Å². The molecule has 0 saturated heterocycles.